The van der Waals surface area contributed by atoms with Gasteiger partial charge in [-0.15, -0.1) is 0 Å². The van der Waals surface area contributed by atoms with E-state index in [1.807, 2.05) is 17.0 Å². The number of aromatic hydroxyl groups is 1. The van der Waals surface area contributed by atoms with E-state index in [0.29, 0.717) is 82.5 Å². The van der Waals surface area contributed by atoms with Gasteiger partial charge in [0.05, 0.1) is 38.4 Å². The number of aromatic nitrogens is 1. The second kappa shape index (κ2) is 23.0. The number of fused-ring (bicyclic) bond motifs is 1. The Morgan fingerprint density at radius 1 is 1.00 bits per heavy atom. The molecule has 1 aromatic heterocycles. The Morgan fingerprint density at radius 3 is 2.47 bits per heavy atom. The molecular weight excluding hydrogens is 905 g/mol. The van der Waals surface area contributed by atoms with Gasteiger partial charge in [0.15, 0.2) is 12.4 Å². The van der Waals surface area contributed by atoms with Crippen LogP contribution in [-0.4, -0.2) is 144 Å². The number of ether oxygens (including phenoxy) is 3. The average molecular weight is 964 g/mol. The molecule has 0 unspecified atom stereocenters. The first-order valence-electron chi connectivity index (χ1n) is 21.9. The largest absolute Gasteiger partial charge is 0.506 e. The van der Waals surface area contributed by atoms with Crippen molar-refractivity contribution in [3.8, 4) is 11.5 Å². The number of phenols is 1. The smallest absolute Gasteiger partial charge is 0.490 e. The molecule has 1 saturated carbocycles. The van der Waals surface area contributed by atoms with Crippen molar-refractivity contribution in [1.29, 1.82) is 0 Å². The Kier molecular flexibility index (Phi) is 17.5. The summed E-state index contributed by atoms with van der Waals surface area (Å²) in [5.41, 5.74) is 4.07. The number of rotatable bonds is 16. The van der Waals surface area contributed by atoms with Crippen LogP contribution in [0.1, 0.15) is 78.5 Å². The maximum absolute atomic E-state index is 13.5. The van der Waals surface area contributed by atoms with E-state index in [1.165, 1.54) is 17.5 Å². The number of nitrogens with one attached hydrogen (secondary N) is 3. The Bertz CT molecular complexity index is 2060. The topological polar surface area (TPSA) is 186 Å². The van der Waals surface area contributed by atoms with Crippen molar-refractivity contribution in [1.82, 2.24) is 25.0 Å². The monoisotopic (exact) mass is 962 g/mol. The van der Waals surface area contributed by atoms with Crippen LogP contribution in [0.4, 0.5) is 18.9 Å². The Morgan fingerprint density at radius 2 is 1.75 bits per heavy atom. The highest BCUT2D eigenvalue weighted by atomic mass is 79.9. The van der Waals surface area contributed by atoms with E-state index in [4.69, 9.17) is 24.1 Å². The number of likely N-dealkylation sites (tertiary alicyclic amines) is 1. The number of hydrogen-bond acceptors (Lipinski definition) is 10. The number of aromatic amines is 1. The lowest BCUT2D eigenvalue weighted by Gasteiger charge is -2.47. The summed E-state index contributed by atoms with van der Waals surface area (Å²) in [7, 11) is 0. The summed E-state index contributed by atoms with van der Waals surface area (Å²) in [6.07, 6.45) is 5.95. The maximum Gasteiger partial charge on any atom is 0.490 e. The first-order chi connectivity index (χ1) is 30.7. The van der Waals surface area contributed by atoms with Crippen LogP contribution in [0, 0.1) is 0 Å². The fraction of sp³-hybridized carbons (Fsp3) is 0.556. The molecule has 3 aromatic rings. The van der Waals surface area contributed by atoms with Gasteiger partial charge in [-0.05, 0) is 89.8 Å². The van der Waals surface area contributed by atoms with E-state index in [0.717, 1.165) is 74.6 Å². The Balaban J connectivity index is 0.000000898. The van der Waals surface area contributed by atoms with E-state index in [-0.39, 0.29) is 41.7 Å². The summed E-state index contributed by atoms with van der Waals surface area (Å²) in [6, 6.07) is 14.2. The van der Waals surface area contributed by atoms with Crippen molar-refractivity contribution in [2.24, 2.45) is 0 Å². The number of nitrogens with zero attached hydrogens (tertiary/aromatic N) is 3. The lowest BCUT2D eigenvalue weighted by Crippen LogP contribution is -2.58. The number of H-pyrrole nitrogens is 1. The zero-order chi connectivity index (χ0) is 45.7. The van der Waals surface area contributed by atoms with E-state index in [9.17, 15) is 32.7 Å². The number of carboxylic acid groups (broad SMARTS) is 1. The number of anilines is 1. The zero-order valence-corrected chi connectivity index (χ0v) is 37.4. The van der Waals surface area contributed by atoms with Gasteiger partial charge in [0.2, 0.25) is 5.91 Å². The first-order valence-corrected chi connectivity index (χ1v) is 22.7. The van der Waals surface area contributed by atoms with Crippen LogP contribution >= 0.6 is 15.9 Å². The number of halogens is 4. The van der Waals surface area contributed by atoms with E-state index in [2.05, 4.69) is 65.6 Å². The molecule has 3 amide bonds. The van der Waals surface area contributed by atoms with Crippen LogP contribution in [-0.2, 0) is 43.2 Å². The number of aliphatic carboxylic acids is 1. The number of morpholine rings is 1. The van der Waals surface area contributed by atoms with Gasteiger partial charge in [-0.25, -0.2) is 4.79 Å². The maximum atomic E-state index is 13.5. The average Bonchev–Trinajstić information content (AvgIpc) is 3.72. The van der Waals surface area contributed by atoms with Crippen LogP contribution in [0.15, 0.2) is 53.1 Å². The number of alkyl halides is 3. The summed E-state index contributed by atoms with van der Waals surface area (Å²) in [5.74, 6) is -2.34. The van der Waals surface area contributed by atoms with Crippen molar-refractivity contribution in [2.75, 3.05) is 77.6 Å². The van der Waals surface area contributed by atoms with Crippen molar-refractivity contribution in [3.05, 3.63) is 75.5 Å². The molecule has 7 rings (SSSR count). The van der Waals surface area contributed by atoms with Crippen LogP contribution in [0.3, 0.4) is 0 Å². The highest BCUT2D eigenvalue weighted by molar-refractivity contribution is 9.10. The minimum Gasteiger partial charge on any atom is -0.506 e. The van der Waals surface area contributed by atoms with Crippen molar-refractivity contribution < 1.29 is 56.8 Å². The van der Waals surface area contributed by atoms with Gasteiger partial charge in [-0.2, -0.15) is 13.2 Å². The van der Waals surface area contributed by atoms with Crippen LogP contribution in [0.5, 0.6) is 11.5 Å². The molecule has 2 aromatic carbocycles. The van der Waals surface area contributed by atoms with E-state index < -0.39 is 12.1 Å². The van der Waals surface area contributed by atoms with Gasteiger partial charge in [0.25, 0.3) is 11.8 Å². The van der Waals surface area contributed by atoms with Crippen molar-refractivity contribution >= 4 is 45.3 Å². The minimum absolute atomic E-state index is 0.00471. The summed E-state index contributed by atoms with van der Waals surface area (Å²) < 4.78 is 50.6. The third kappa shape index (κ3) is 13.9. The fourth-order valence-corrected chi connectivity index (χ4v) is 9.04. The normalized spacial score (nSPS) is 17.8. The Hall–Kier alpha value is -4.69. The Labute approximate surface area is 379 Å². The van der Waals surface area contributed by atoms with E-state index >= 15 is 0 Å². The number of carbonyl (C=O) groups is 4. The molecule has 350 valence electrons. The number of amides is 3. The molecule has 2 saturated heterocycles. The van der Waals surface area contributed by atoms with Crippen molar-refractivity contribution in [3.63, 3.8) is 0 Å². The molecule has 0 bridgehead atoms. The molecule has 4 heterocycles. The fourth-order valence-electron chi connectivity index (χ4n) is 8.70. The van der Waals surface area contributed by atoms with Gasteiger partial charge in [-0.1, -0.05) is 49.6 Å². The lowest BCUT2D eigenvalue weighted by molar-refractivity contribution is -0.192. The third-order valence-electron chi connectivity index (χ3n) is 12.1. The quantitative estimate of drug-likeness (QED) is 0.0851. The zero-order valence-electron chi connectivity index (χ0n) is 35.9. The molecule has 3 aliphatic heterocycles. The summed E-state index contributed by atoms with van der Waals surface area (Å²) in [4.78, 5) is 56.8. The molecule has 3 fully saturated rings. The van der Waals surface area contributed by atoms with Crippen LogP contribution < -0.4 is 15.4 Å². The SMILES string of the molecule is O=C(O)C(F)(F)F.O=C1COc2c(CCNCCN(C(=O)CCOCCc3cccc(CN4CCC5(CC4)CN(C(=O)c4cc(Br)c[nH]4)CCO5)c3)C3CCCCC3)ccc(O)c2N1. The molecule has 0 atom stereocenters. The van der Waals surface area contributed by atoms with Gasteiger partial charge >= 0.3 is 12.1 Å². The van der Waals surface area contributed by atoms with E-state index in [1.54, 1.807) is 12.3 Å². The molecular formula is C45H58BrF3N6O9. The number of hydrogen-bond donors (Lipinski definition) is 5. The van der Waals surface area contributed by atoms with Crippen LogP contribution in [0.2, 0.25) is 0 Å². The van der Waals surface area contributed by atoms with Gasteiger partial charge in [0, 0.05) is 56.0 Å². The number of benzene rings is 2. The third-order valence-corrected chi connectivity index (χ3v) is 12.5. The molecule has 4 aliphatic rings. The molecule has 5 N–H and O–H groups in total. The van der Waals surface area contributed by atoms with Gasteiger partial charge in [0.1, 0.15) is 17.1 Å². The predicted octanol–water partition coefficient (Wildman–Crippen LogP) is 5.90. The standard InChI is InChI=1S/C43H57BrN6O7.C2HF3O2/c44-34-26-36(46-27-34)42(54)49-21-24-57-43(30-49)14-18-48(19-15-43)28-32-6-4-5-31(25-32)12-22-55-23-13-39(53)50(35-7-2-1-3-8-35)20-17-45-16-11-33-9-10-37(51)40-41(33)56-29-38(52)47-40;3-2(4,5)1(6)7/h4-6,9-10,25-27,35,45-46,51H,1-3,7-8,11-24,28-30H2,(H,47,52);(H,6,7). The minimum atomic E-state index is -5.08. The first kappa shape index (κ1) is 48.8. The number of carbonyl (C=O) groups excluding carboxylic acids is 3. The summed E-state index contributed by atoms with van der Waals surface area (Å²) in [5, 5.41) is 23.5. The lowest BCUT2D eigenvalue weighted by atomic mass is 9.89. The van der Waals surface area contributed by atoms with Gasteiger partial charge in [-0.3, -0.25) is 19.3 Å². The summed E-state index contributed by atoms with van der Waals surface area (Å²) in [6.45, 7) is 7.41. The van der Waals surface area contributed by atoms with Gasteiger partial charge < -0.3 is 49.8 Å². The molecule has 64 heavy (non-hydrogen) atoms. The molecule has 1 spiro atoms. The molecule has 15 nitrogen and oxygen atoms in total. The molecule has 1 aliphatic carbocycles. The molecule has 19 heteroatoms. The number of carboxylic acids is 1. The second-order valence-electron chi connectivity index (χ2n) is 16.7. The number of piperidine rings is 1. The number of phenolic OH excluding ortho intramolecular Hbond substituents is 1. The summed E-state index contributed by atoms with van der Waals surface area (Å²) >= 11 is 3.43. The molecule has 0 radical (unpaired) electrons. The second-order valence-corrected chi connectivity index (χ2v) is 17.6. The van der Waals surface area contributed by atoms with Crippen molar-refractivity contribution in [2.45, 2.75) is 88.6 Å². The highest BCUT2D eigenvalue weighted by Crippen LogP contribution is 2.39. The predicted molar refractivity (Wildman–Crippen MR) is 234 cm³/mol. The van der Waals surface area contributed by atoms with Crippen LogP contribution in [0.25, 0.3) is 0 Å². The highest BCUT2D eigenvalue weighted by Gasteiger charge is 2.41.